The fraction of sp³-hybridized carbons (Fsp3) is 0.263. The zero-order valence-electron chi connectivity index (χ0n) is 14.8. The van der Waals surface area contributed by atoms with Crippen LogP contribution in [-0.4, -0.2) is 50.4 Å². The number of ether oxygens (including phenoxy) is 2. The van der Waals surface area contributed by atoms with E-state index in [4.69, 9.17) is 9.47 Å². The highest BCUT2D eigenvalue weighted by Gasteiger charge is 2.18. The molecule has 2 rings (SSSR count). The molecule has 0 aliphatic carbocycles. The lowest BCUT2D eigenvalue weighted by molar-refractivity contribution is 0.0419. The standard InChI is InChI=1S/C19H23N3O4/c1-22(2)13-17(26-19(24)21-16-11-7-4-8-12-16)14-25-18(23)20-15-9-5-3-6-10-15/h3-12,17H,13-14H2,1-2H3,(H,20,23)(H,21,24). The molecule has 0 aliphatic rings. The van der Waals surface area contributed by atoms with Gasteiger partial charge in [-0.3, -0.25) is 10.6 Å². The van der Waals surface area contributed by atoms with Gasteiger partial charge in [-0.05, 0) is 38.4 Å². The zero-order chi connectivity index (χ0) is 18.8. The summed E-state index contributed by atoms with van der Waals surface area (Å²) < 4.78 is 10.5. The molecular formula is C19H23N3O4. The van der Waals surface area contributed by atoms with Crippen molar-refractivity contribution in [2.24, 2.45) is 0 Å². The molecule has 2 amide bonds. The first kappa shape index (κ1) is 19.3. The second-order valence-corrected chi connectivity index (χ2v) is 5.87. The lowest BCUT2D eigenvalue weighted by Crippen LogP contribution is -2.36. The number of hydrogen-bond donors (Lipinski definition) is 2. The second-order valence-electron chi connectivity index (χ2n) is 5.87. The van der Waals surface area contributed by atoms with E-state index in [1.165, 1.54) is 0 Å². The molecule has 7 heteroatoms. The van der Waals surface area contributed by atoms with Crippen molar-refractivity contribution in [1.82, 2.24) is 4.90 Å². The van der Waals surface area contributed by atoms with Crippen LogP contribution in [0.1, 0.15) is 0 Å². The van der Waals surface area contributed by atoms with Crippen molar-refractivity contribution in [3.63, 3.8) is 0 Å². The van der Waals surface area contributed by atoms with Crippen molar-refractivity contribution in [3.8, 4) is 0 Å². The van der Waals surface area contributed by atoms with Gasteiger partial charge in [-0.25, -0.2) is 9.59 Å². The normalized spacial score (nSPS) is 11.5. The number of para-hydroxylation sites is 2. The van der Waals surface area contributed by atoms with Crippen LogP contribution >= 0.6 is 0 Å². The van der Waals surface area contributed by atoms with Crippen LogP contribution < -0.4 is 10.6 Å². The number of carbonyl (C=O) groups excluding carboxylic acids is 2. The lowest BCUT2D eigenvalue weighted by atomic mass is 10.3. The van der Waals surface area contributed by atoms with Gasteiger partial charge in [0.15, 0.2) is 6.10 Å². The molecule has 0 bridgehead atoms. The Hall–Kier alpha value is -3.06. The Balaban J connectivity index is 1.84. The molecule has 1 atom stereocenters. The van der Waals surface area contributed by atoms with Crippen LogP contribution in [0.5, 0.6) is 0 Å². The van der Waals surface area contributed by atoms with Gasteiger partial charge >= 0.3 is 12.2 Å². The van der Waals surface area contributed by atoms with Gasteiger partial charge in [0.2, 0.25) is 0 Å². The van der Waals surface area contributed by atoms with Crippen LogP contribution in [0.25, 0.3) is 0 Å². The smallest absolute Gasteiger partial charge is 0.412 e. The molecule has 0 spiro atoms. The van der Waals surface area contributed by atoms with Crippen molar-refractivity contribution in [2.75, 3.05) is 37.9 Å². The first-order valence-electron chi connectivity index (χ1n) is 8.19. The molecule has 0 fully saturated rings. The van der Waals surface area contributed by atoms with Crippen molar-refractivity contribution < 1.29 is 19.1 Å². The topological polar surface area (TPSA) is 79.9 Å². The number of amides is 2. The number of benzene rings is 2. The fourth-order valence-electron chi connectivity index (χ4n) is 2.20. The second kappa shape index (κ2) is 10.0. The molecule has 7 nitrogen and oxygen atoms in total. The summed E-state index contributed by atoms with van der Waals surface area (Å²) >= 11 is 0. The Morgan fingerprint density at radius 2 is 1.38 bits per heavy atom. The predicted molar refractivity (Wildman–Crippen MR) is 100 cm³/mol. The van der Waals surface area contributed by atoms with E-state index in [2.05, 4.69) is 10.6 Å². The number of carbonyl (C=O) groups is 2. The third-order valence-corrected chi connectivity index (χ3v) is 3.28. The van der Waals surface area contributed by atoms with Crippen LogP contribution in [0.3, 0.4) is 0 Å². The van der Waals surface area contributed by atoms with Gasteiger partial charge in [0.05, 0.1) is 0 Å². The summed E-state index contributed by atoms with van der Waals surface area (Å²) in [4.78, 5) is 25.8. The molecule has 0 aliphatic heterocycles. The van der Waals surface area contributed by atoms with Crippen LogP contribution in [0.15, 0.2) is 60.7 Å². The summed E-state index contributed by atoms with van der Waals surface area (Å²) in [5.41, 5.74) is 1.26. The quantitative estimate of drug-likeness (QED) is 0.794. The minimum atomic E-state index is -0.605. The van der Waals surface area contributed by atoms with Gasteiger partial charge in [0, 0.05) is 17.9 Å². The molecule has 0 aromatic heterocycles. The van der Waals surface area contributed by atoms with E-state index in [-0.39, 0.29) is 6.61 Å². The Labute approximate surface area is 152 Å². The first-order valence-corrected chi connectivity index (χ1v) is 8.19. The third-order valence-electron chi connectivity index (χ3n) is 3.28. The van der Waals surface area contributed by atoms with Gasteiger partial charge in [0.25, 0.3) is 0 Å². The average molecular weight is 357 g/mol. The van der Waals surface area contributed by atoms with Crippen molar-refractivity contribution >= 4 is 23.6 Å². The van der Waals surface area contributed by atoms with E-state index in [9.17, 15) is 9.59 Å². The number of nitrogens with one attached hydrogen (secondary N) is 2. The molecule has 0 radical (unpaired) electrons. The van der Waals surface area contributed by atoms with Crippen LogP contribution in [-0.2, 0) is 9.47 Å². The maximum Gasteiger partial charge on any atom is 0.412 e. The zero-order valence-corrected chi connectivity index (χ0v) is 14.8. The molecule has 0 saturated carbocycles. The van der Waals surface area contributed by atoms with E-state index in [1.54, 1.807) is 24.3 Å². The molecule has 2 N–H and O–H groups in total. The van der Waals surface area contributed by atoms with E-state index < -0.39 is 18.3 Å². The monoisotopic (exact) mass is 357 g/mol. The first-order chi connectivity index (χ1) is 12.5. The summed E-state index contributed by atoms with van der Waals surface area (Å²) in [6.07, 6.45) is -1.81. The molecule has 1 unspecified atom stereocenters. The Morgan fingerprint density at radius 3 is 1.88 bits per heavy atom. The summed E-state index contributed by atoms with van der Waals surface area (Å²) in [7, 11) is 3.69. The summed E-state index contributed by atoms with van der Waals surface area (Å²) in [6, 6.07) is 18.0. The summed E-state index contributed by atoms with van der Waals surface area (Å²) in [5, 5.41) is 5.25. The predicted octanol–water partition coefficient (Wildman–Crippen LogP) is 3.41. The summed E-state index contributed by atoms with van der Waals surface area (Å²) in [5.74, 6) is 0. The van der Waals surface area contributed by atoms with Crippen molar-refractivity contribution in [1.29, 1.82) is 0 Å². The average Bonchev–Trinajstić information content (AvgIpc) is 2.61. The number of rotatable bonds is 7. The van der Waals surface area contributed by atoms with Crippen LogP contribution in [0, 0.1) is 0 Å². The number of nitrogens with zero attached hydrogens (tertiary/aromatic N) is 1. The Morgan fingerprint density at radius 1 is 0.885 bits per heavy atom. The lowest BCUT2D eigenvalue weighted by Gasteiger charge is -2.21. The summed E-state index contributed by atoms with van der Waals surface area (Å²) in [6.45, 7) is 0.361. The van der Waals surface area contributed by atoms with Crippen molar-refractivity contribution in [2.45, 2.75) is 6.10 Å². The van der Waals surface area contributed by atoms with Gasteiger partial charge < -0.3 is 14.4 Å². The van der Waals surface area contributed by atoms with E-state index >= 15 is 0 Å². The highest BCUT2D eigenvalue weighted by Crippen LogP contribution is 2.08. The molecule has 26 heavy (non-hydrogen) atoms. The Bertz CT molecular complexity index is 692. The molecular weight excluding hydrogens is 334 g/mol. The van der Waals surface area contributed by atoms with Crippen LogP contribution in [0.2, 0.25) is 0 Å². The molecule has 138 valence electrons. The number of hydrogen-bond acceptors (Lipinski definition) is 5. The molecule has 2 aromatic rings. The van der Waals surface area contributed by atoms with E-state index in [0.717, 1.165) is 0 Å². The van der Waals surface area contributed by atoms with Gasteiger partial charge in [-0.1, -0.05) is 36.4 Å². The number of anilines is 2. The van der Waals surface area contributed by atoms with Gasteiger partial charge in [-0.2, -0.15) is 0 Å². The molecule has 0 saturated heterocycles. The van der Waals surface area contributed by atoms with Gasteiger partial charge in [0.1, 0.15) is 6.61 Å². The Kier molecular flexibility index (Phi) is 7.45. The highest BCUT2D eigenvalue weighted by atomic mass is 16.6. The minimum absolute atomic E-state index is 0.0565. The van der Waals surface area contributed by atoms with E-state index in [0.29, 0.717) is 17.9 Å². The van der Waals surface area contributed by atoms with Crippen LogP contribution in [0.4, 0.5) is 21.0 Å². The van der Waals surface area contributed by atoms with Gasteiger partial charge in [-0.15, -0.1) is 0 Å². The minimum Gasteiger partial charge on any atom is -0.445 e. The fourth-order valence-corrected chi connectivity index (χ4v) is 2.20. The van der Waals surface area contributed by atoms with Crippen molar-refractivity contribution in [3.05, 3.63) is 60.7 Å². The highest BCUT2D eigenvalue weighted by molar-refractivity contribution is 5.85. The molecule has 0 heterocycles. The SMILES string of the molecule is CN(C)CC(COC(=O)Nc1ccccc1)OC(=O)Nc1ccccc1. The maximum absolute atomic E-state index is 12.0. The third kappa shape index (κ3) is 7.23. The molecule has 2 aromatic carbocycles. The van der Waals surface area contributed by atoms with E-state index in [1.807, 2.05) is 55.4 Å². The number of likely N-dealkylation sites (N-methyl/N-ethyl adjacent to an activating group) is 1. The maximum atomic E-state index is 12.0. The largest absolute Gasteiger partial charge is 0.445 e.